The summed E-state index contributed by atoms with van der Waals surface area (Å²) in [6.07, 6.45) is 1.80. The SMILES string of the molecule is COc1cc(Cl)c(Oc2cc(NCC(N)=Nc3ccccc3)nc(N3CCN(c4ccccn4)CC3)n2)cc1OC. The molecule has 0 atom stereocenters. The molecule has 0 saturated carbocycles. The fourth-order valence-electron chi connectivity index (χ4n) is 4.29. The van der Waals surface area contributed by atoms with Gasteiger partial charge in [0.15, 0.2) is 17.2 Å². The number of aliphatic imine (C=N–C) groups is 1. The smallest absolute Gasteiger partial charge is 0.230 e. The van der Waals surface area contributed by atoms with E-state index in [4.69, 9.17) is 41.5 Å². The van der Waals surface area contributed by atoms with Crippen molar-refractivity contribution < 1.29 is 14.2 Å². The van der Waals surface area contributed by atoms with Crippen molar-refractivity contribution in [1.82, 2.24) is 15.0 Å². The van der Waals surface area contributed by atoms with Crippen molar-refractivity contribution in [2.45, 2.75) is 0 Å². The van der Waals surface area contributed by atoms with Crippen LogP contribution < -0.4 is 35.1 Å². The van der Waals surface area contributed by atoms with Crippen LogP contribution in [0.15, 0.2) is 77.9 Å². The molecule has 4 aromatic rings. The van der Waals surface area contributed by atoms with Gasteiger partial charge in [-0.15, -0.1) is 0 Å². The van der Waals surface area contributed by atoms with E-state index in [2.05, 4.69) is 25.1 Å². The molecule has 212 valence electrons. The summed E-state index contributed by atoms with van der Waals surface area (Å²) in [6, 6.07) is 20.4. The summed E-state index contributed by atoms with van der Waals surface area (Å²) in [4.78, 5) is 22.7. The molecule has 5 rings (SSSR count). The number of nitrogens with two attached hydrogens (primary N) is 1. The van der Waals surface area contributed by atoms with Crippen LogP contribution in [0.3, 0.4) is 0 Å². The van der Waals surface area contributed by atoms with Crippen LogP contribution in [0, 0.1) is 0 Å². The number of piperazine rings is 1. The number of anilines is 3. The summed E-state index contributed by atoms with van der Waals surface area (Å²) >= 11 is 6.50. The zero-order chi connectivity index (χ0) is 28.6. The largest absolute Gasteiger partial charge is 0.493 e. The van der Waals surface area contributed by atoms with Crippen LogP contribution in [0.1, 0.15) is 0 Å². The normalized spacial score (nSPS) is 13.6. The first-order valence-electron chi connectivity index (χ1n) is 13.0. The van der Waals surface area contributed by atoms with Gasteiger partial charge in [0.25, 0.3) is 0 Å². The number of para-hydroxylation sites is 1. The lowest BCUT2D eigenvalue weighted by atomic mass is 10.3. The van der Waals surface area contributed by atoms with Crippen LogP contribution in [-0.2, 0) is 0 Å². The molecule has 1 fully saturated rings. The number of hydrogen-bond acceptors (Lipinski definition) is 10. The van der Waals surface area contributed by atoms with Crippen molar-refractivity contribution in [1.29, 1.82) is 0 Å². The molecule has 0 amide bonds. The predicted octanol–water partition coefficient (Wildman–Crippen LogP) is 4.76. The fourth-order valence-corrected chi connectivity index (χ4v) is 4.48. The van der Waals surface area contributed by atoms with E-state index < -0.39 is 0 Å². The number of hydrogen-bond donors (Lipinski definition) is 2. The second-order valence-electron chi connectivity index (χ2n) is 9.09. The molecule has 2 aromatic carbocycles. The maximum absolute atomic E-state index is 6.50. The van der Waals surface area contributed by atoms with Gasteiger partial charge in [0.1, 0.15) is 17.5 Å². The van der Waals surface area contributed by atoms with Crippen molar-refractivity contribution >= 4 is 40.7 Å². The molecule has 11 nitrogen and oxygen atoms in total. The van der Waals surface area contributed by atoms with Crippen LogP contribution in [0.5, 0.6) is 23.1 Å². The highest BCUT2D eigenvalue weighted by Crippen LogP contribution is 2.39. The van der Waals surface area contributed by atoms with Gasteiger partial charge < -0.3 is 35.1 Å². The van der Waals surface area contributed by atoms with E-state index >= 15 is 0 Å². The van der Waals surface area contributed by atoms with E-state index in [1.54, 1.807) is 38.6 Å². The number of aromatic nitrogens is 3. The summed E-state index contributed by atoms with van der Waals surface area (Å²) in [7, 11) is 3.09. The molecule has 0 radical (unpaired) electrons. The molecule has 1 saturated heterocycles. The monoisotopic (exact) mass is 574 g/mol. The van der Waals surface area contributed by atoms with Gasteiger partial charge in [-0.3, -0.25) is 0 Å². The summed E-state index contributed by atoms with van der Waals surface area (Å²) in [6.45, 7) is 3.22. The Morgan fingerprint density at radius 2 is 1.61 bits per heavy atom. The summed E-state index contributed by atoms with van der Waals surface area (Å²) in [5.74, 6) is 4.04. The maximum Gasteiger partial charge on any atom is 0.230 e. The minimum atomic E-state index is 0.273. The molecule has 0 unspecified atom stereocenters. The Morgan fingerprint density at radius 3 is 2.32 bits per heavy atom. The third kappa shape index (κ3) is 7.06. The topological polar surface area (TPSA) is 123 Å². The van der Waals surface area contributed by atoms with Crippen molar-refractivity contribution in [2.75, 3.05) is 62.1 Å². The molecular weight excluding hydrogens is 544 g/mol. The van der Waals surface area contributed by atoms with Gasteiger partial charge >= 0.3 is 0 Å². The van der Waals surface area contributed by atoms with Gasteiger partial charge in [-0.05, 0) is 24.3 Å². The first kappa shape index (κ1) is 27.8. The minimum absolute atomic E-state index is 0.273. The van der Waals surface area contributed by atoms with E-state index in [1.165, 1.54) is 0 Å². The molecule has 3 heterocycles. The lowest BCUT2D eigenvalue weighted by molar-refractivity contribution is 0.351. The molecule has 3 N–H and O–H groups in total. The first-order chi connectivity index (χ1) is 20.0. The number of rotatable bonds is 10. The van der Waals surface area contributed by atoms with Crippen LogP contribution in [0.4, 0.5) is 23.3 Å². The molecule has 2 aromatic heterocycles. The molecule has 1 aliphatic heterocycles. The Bertz CT molecular complexity index is 1480. The quantitative estimate of drug-likeness (QED) is 0.202. The molecule has 12 heteroatoms. The van der Waals surface area contributed by atoms with Gasteiger partial charge in [0, 0.05) is 50.6 Å². The predicted molar refractivity (Wildman–Crippen MR) is 162 cm³/mol. The highest BCUT2D eigenvalue weighted by Gasteiger charge is 2.22. The van der Waals surface area contributed by atoms with E-state index in [-0.39, 0.29) is 6.54 Å². The number of halogens is 1. The zero-order valence-corrected chi connectivity index (χ0v) is 23.6. The number of methoxy groups -OCH3 is 2. The van der Waals surface area contributed by atoms with Crippen molar-refractivity contribution in [3.63, 3.8) is 0 Å². The van der Waals surface area contributed by atoms with Crippen molar-refractivity contribution in [3.05, 3.63) is 77.9 Å². The second-order valence-corrected chi connectivity index (χ2v) is 9.49. The van der Waals surface area contributed by atoms with Crippen LogP contribution in [0.2, 0.25) is 5.02 Å². The van der Waals surface area contributed by atoms with Gasteiger partial charge in [0.2, 0.25) is 11.8 Å². The summed E-state index contributed by atoms with van der Waals surface area (Å²) in [5, 5.41) is 3.60. The second kappa shape index (κ2) is 13.1. The minimum Gasteiger partial charge on any atom is -0.493 e. The fraction of sp³-hybridized carbons (Fsp3) is 0.241. The van der Waals surface area contributed by atoms with Gasteiger partial charge in [-0.1, -0.05) is 35.9 Å². The Balaban J connectivity index is 1.38. The van der Waals surface area contributed by atoms with Crippen LogP contribution >= 0.6 is 11.6 Å². The Kier molecular flexibility index (Phi) is 8.85. The van der Waals surface area contributed by atoms with E-state index in [0.717, 1.165) is 24.6 Å². The van der Waals surface area contributed by atoms with E-state index in [9.17, 15) is 0 Å². The van der Waals surface area contributed by atoms with Gasteiger partial charge in [0.05, 0.1) is 31.5 Å². The van der Waals surface area contributed by atoms with Crippen LogP contribution in [-0.4, -0.2) is 67.7 Å². The number of amidine groups is 1. The average molecular weight is 575 g/mol. The highest BCUT2D eigenvalue weighted by molar-refractivity contribution is 6.32. The number of benzene rings is 2. The number of ether oxygens (including phenoxy) is 3. The molecule has 1 aliphatic rings. The number of nitrogens with zero attached hydrogens (tertiary/aromatic N) is 6. The highest BCUT2D eigenvalue weighted by atomic mass is 35.5. The Labute approximate surface area is 243 Å². The van der Waals surface area contributed by atoms with Gasteiger partial charge in [-0.25, -0.2) is 9.98 Å². The average Bonchev–Trinajstić information content (AvgIpc) is 3.01. The van der Waals surface area contributed by atoms with Gasteiger partial charge in [-0.2, -0.15) is 9.97 Å². The third-order valence-corrected chi connectivity index (χ3v) is 6.65. The lowest BCUT2D eigenvalue weighted by Gasteiger charge is -2.35. The number of nitrogens with one attached hydrogen (secondary N) is 1. The lowest BCUT2D eigenvalue weighted by Crippen LogP contribution is -2.47. The first-order valence-corrected chi connectivity index (χ1v) is 13.4. The Hall–Kier alpha value is -4.77. The molecular formula is C29H31ClN8O3. The summed E-state index contributed by atoms with van der Waals surface area (Å²) < 4.78 is 16.9. The molecule has 41 heavy (non-hydrogen) atoms. The third-order valence-electron chi connectivity index (χ3n) is 6.36. The Morgan fingerprint density at radius 1 is 0.902 bits per heavy atom. The van der Waals surface area contributed by atoms with E-state index in [0.29, 0.717) is 58.8 Å². The standard InChI is InChI=1S/C29H31ClN8O3/c1-39-23-16-21(30)22(17-24(23)40-2)41-28-18-26(33-19-25(31)34-20-8-4-3-5-9-20)35-29(36-28)38-14-12-37(13-15-38)27-10-6-7-11-32-27/h3-11,16-18H,12-15,19H2,1-2H3,(H2,31,34)(H,33,35,36). The van der Waals surface area contributed by atoms with Crippen molar-refractivity contribution in [3.8, 4) is 23.1 Å². The summed E-state index contributed by atoms with van der Waals surface area (Å²) in [5.41, 5.74) is 6.96. The zero-order valence-electron chi connectivity index (χ0n) is 22.8. The number of pyridine rings is 1. The van der Waals surface area contributed by atoms with E-state index in [1.807, 2.05) is 48.5 Å². The molecule has 0 spiro atoms. The van der Waals surface area contributed by atoms with Crippen molar-refractivity contribution in [2.24, 2.45) is 10.7 Å². The maximum atomic E-state index is 6.50. The molecule has 0 bridgehead atoms. The van der Waals surface area contributed by atoms with Crippen LogP contribution in [0.25, 0.3) is 0 Å². The molecule has 0 aliphatic carbocycles.